The van der Waals surface area contributed by atoms with Crippen molar-refractivity contribution in [2.24, 2.45) is 5.92 Å². The van der Waals surface area contributed by atoms with Crippen LogP contribution in [0.15, 0.2) is 41.8 Å². The van der Waals surface area contributed by atoms with Gasteiger partial charge in [0.05, 0.1) is 21.4 Å². The molecule has 17 heavy (non-hydrogen) atoms. The van der Waals surface area contributed by atoms with Crippen molar-refractivity contribution in [3.63, 3.8) is 0 Å². The van der Waals surface area contributed by atoms with Crippen LogP contribution in [0.2, 0.25) is 0 Å². The maximum atomic E-state index is 12.5. The first kappa shape index (κ1) is 10.7. The average Bonchev–Trinajstić information content (AvgIpc) is 3.10. The standard InChI is InChI=1S/C13H13NO2S/c1-3-9-8-13(9)12(15)14(2)10-6-4-5-7-11(10)17(13)16/h3-7,9H,1,8H2,2H3. The minimum absolute atomic E-state index is 0.0422. The summed E-state index contributed by atoms with van der Waals surface area (Å²) in [4.78, 5) is 14.7. The van der Waals surface area contributed by atoms with Gasteiger partial charge in [-0.05, 0) is 18.6 Å². The van der Waals surface area contributed by atoms with E-state index in [1.807, 2.05) is 24.3 Å². The van der Waals surface area contributed by atoms with E-state index in [0.29, 0.717) is 6.42 Å². The van der Waals surface area contributed by atoms with E-state index in [0.717, 1.165) is 10.6 Å². The Bertz CT molecular complexity index is 554. The molecule has 1 aromatic rings. The van der Waals surface area contributed by atoms with E-state index < -0.39 is 15.5 Å². The Hall–Kier alpha value is -1.42. The number of allylic oxidation sites excluding steroid dienone is 1. The van der Waals surface area contributed by atoms with Gasteiger partial charge in [-0.1, -0.05) is 18.2 Å². The predicted octanol–water partition coefficient (Wildman–Crippen LogP) is 1.72. The van der Waals surface area contributed by atoms with Crippen molar-refractivity contribution in [1.82, 2.24) is 0 Å². The van der Waals surface area contributed by atoms with Crippen LogP contribution < -0.4 is 4.90 Å². The number of para-hydroxylation sites is 1. The van der Waals surface area contributed by atoms with Crippen LogP contribution in [0.5, 0.6) is 0 Å². The van der Waals surface area contributed by atoms with Gasteiger partial charge in [-0.25, -0.2) is 0 Å². The Labute approximate surface area is 103 Å². The lowest BCUT2D eigenvalue weighted by Crippen LogP contribution is -2.46. The number of nitrogens with zero attached hydrogens (tertiary/aromatic N) is 1. The zero-order valence-electron chi connectivity index (χ0n) is 9.55. The van der Waals surface area contributed by atoms with Gasteiger partial charge in [-0.15, -0.1) is 6.58 Å². The lowest BCUT2D eigenvalue weighted by Gasteiger charge is -2.31. The van der Waals surface area contributed by atoms with E-state index in [9.17, 15) is 9.00 Å². The zero-order chi connectivity index (χ0) is 12.2. The summed E-state index contributed by atoms with van der Waals surface area (Å²) in [6.45, 7) is 3.72. The second-order valence-electron chi connectivity index (χ2n) is 4.54. The summed E-state index contributed by atoms with van der Waals surface area (Å²) in [5.41, 5.74) is 0.760. The molecular weight excluding hydrogens is 234 g/mol. The summed E-state index contributed by atoms with van der Waals surface area (Å²) in [6, 6.07) is 7.40. The number of carbonyl (C=O) groups excluding carboxylic acids is 1. The van der Waals surface area contributed by atoms with Crippen LogP contribution in [0.1, 0.15) is 6.42 Å². The molecule has 1 heterocycles. The van der Waals surface area contributed by atoms with Gasteiger partial charge < -0.3 is 4.90 Å². The zero-order valence-corrected chi connectivity index (χ0v) is 10.4. The molecular formula is C13H13NO2S. The van der Waals surface area contributed by atoms with Crippen LogP contribution in [-0.4, -0.2) is 21.9 Å². The first-order chi connectivity index (χ1) is 8.13. The Morgan fingerprint density at radius 3 is 2.88 bits per heavy atom. The molecule has 88 valence electrons. The predicted molar refractivity (Wildman–Crippen MR) is 67.3 cm³/mol. The van der Waals surface area contributed by atoms with Crippen LogP contribution in [0.3, 0.4) is 0 Å². The molecule has 2 aliphatic rings. The highest BCUT2D eigenvalue weighted by atomic mass is 32.2. The smallest absolute Gasteiger partial charge is 0.246 e. The van der Waals surface area contributed by atoms with Crippen LogP contribution in [0.25, 0.3) is 0 Å². The van der Waals surface area contributed by atoms with E-state index in [4.69, 9.17) is 0 Å². The number of hydrogen-bond donors (Lipinski definition) is 0. The maximum absolute atomic E-state index is 12.5. The van der Waals surface area contributed by atoms with E-state index in [-0.39, 0.29) is 11.8 Å². The van der Waals surface area contributed by atoms with Gasteiger partial charge in [0.1, 0.15) is 4.75 Å². The largest absolute Gasteiger partial charge is 0.313 e. The molecule has 3 atom stereocenters. The van der Waals surface area contributed by atoms with Gasteiger partial charge in [0.2, 0.25) is 5.91 Å². The number of carbonyl (C=O) groups is 1. The first-order valence-corrected chi connectivity index (χ1v) is 6.69. The molecule has 1 aliphatic heterocycles. The SMILES string of the molecule is C=CC1CC12C(=O)N(C)c1ccccc1S2=O. The fourth-order valence-electron chi connectivity index (χ4n) is 2.56. The van der Waals surface area contributed by atoms with Gasteiger partial charge in [0, 0.05) is 13.0 Å². The van der Waals surface area contributed by atoms with Crippen molar-refractivity contribution in [2.75, 3.05) is 11.9 Å². The third-order valence-electron chi connectivity index (χ3n) is 3.67. The first-order valence-electron chi connectivity index (χ1n) is 5.54. The monoisotopic (exact) mass is 247 g/mol. The topological polar surface area (TPSA) is 37.4 Å². The molecule has 1 aliphatic carbocycles. The van der Waals surface area contributed by atoms with Gasteiger partial charge in [-0.3, -0.25) is 9.00 Å². The number of amides is 1. The molecule has 1 aromatic carbocycles. The fourth-order valence-corrected chi connectivity index (χ4v) is 4.55. The second kappa shape index (κ2) is 3.29. The third kappa shape index (κ3) is 1.16. The molecule has 0 aromatic heterocycles. The van der Waals surface area contributed by atoms with Gasteiger partial charge in [0.15, 0.2) is 0 Å². The van der Waals surface area contributed by atoms with Gasteiger partial charge in [0.25, 0.3) is 0 Å². The lowest BCUT2D eigenvalue weighted by molar-refractivity contribution is -0.118. The number of fused-ring (bicyclic) bond motifs is 1. The van der Waals surface area contributed by atoms with Crippen LogP contribution in [0, 0.1) is 5.92 Å². The second-order valence-corrected chi connectivity index (χ2v) is 6.24. The quantitative estimate of drug-likeness (QED) is 0.709. The number of hydrogen-bond acceptors (Lipinski definition) is 2. The molecule has 4 heteroatoms. The van der Waals surface area contributed by atoms with Gasteiger partial charge >= 0.3 is 0 Å². The summed E-state index contributed by atoms with van der Waals surface area (Å²) in [7, 11) is 0.490. The van der Waals surface area contributed by atoms with Gasteiger partial charge in [-0.2, -0.15) is 0 Å². The normalized spacial score (nSPS) is 34.6. The molecule has 3 nitrogen and oxygen atoms in total. The third-order valence-corrected chi connectivity index (χ3v) is 5.72. The van der Waals surface area contributed by atoms with Crippen LogP contribution >= 0.6 is 0 Å². The van der Waals surface area contributed by atoms with E-state index in [1.54, 1.807) is 18.0 Å². The molecule has 1 amide bonds. The number of benzene rings is 1. The molecule has 0 bridgehead atoms. The molecule has 1 fully saturated rings. The molecule has 0 saturated heterocycles. The summed E-state index contributed by atoms with van der Waals surface area (Å²) < 4.78 is 11.8. The minimum atomic E-state index is -1.26. The number of rotatable bonds is 1. The van der Waals surface area contributed by atoms with Crippen molar-refractivity contribution in [3.05, 3.63) is 36.9 Å². The van der Waals surface area contributed by atoms with Crippen molar-refractivity contribution in [2.45, 2.75) is 16.1 Å². The van der Waals surface area contributed by atoms with Crippen LogP contribution in [-0.2, 0) is 15.6 Å². The van der Waals surface area contributed by atoms with Crippen molar-refractivity contribution >= 4 is 22.4 Å². The van der Waals surface area contributed by atoms with Crippen molar-refractivity contribution < 1.29 is 9.00 Å². The van der Waals surface area contributed by atoms with Crippen LogP contribution in [0.4, 0.5) is 5.69 Å². The molecule has 0 N–H and O–H groups in total. The Kier molecular flexibility index (Phi) is 2.08. The van der Waals surface area contributed by atoms with E-state index in [2.05, 4.69) is 6.58 Å². The molecule has 3 rings (SSSR count). The minimum Gasteiger partial charge on any atom is -0.313 e. The fraction of sp³-hybridized carbons (Fsp3) is 0.308. The highest BCUT2D eigenvalue weighted by Crippen LogP contribution is 2.56. The number of anilines is 1. The van der Waals surface area contributed by atoms with Crippen molar-refractivity contribution in [1.29, 1.82) is 0 Å². The Balaban J connectivity index is 2.19. The highest BCUT2D eigenvalue weighted by molar-refractivity contribution is 7.88. The summed E-state index contributed by atoms with van der Waals surface area (Å²) in [5, 5.41) is 0. The van der Waals surface area contributed by atoms with Crippen molar-refractivity contribution in [3.8, 4) is 0 Å². The Morgan fingerprint density at radius 1 is 1.53 bits per heavy atom. The summed E-state index contributed by atoms with van der Waals surface area (Å²) in [5.74, 6) is 0.00562. The highest BCUT2D eigenvalue weighted by Gasteiger charge is 2.66. The van der Waals surface area contributed by atoms with E-state index in [1.165, 1.54) is 0 Å². The maximum Gasteiger partial charge on any atom is 0.246 e. The molecule has 3 unspecified atom stereocenters. The summed E-state index contributed by atoms with van der Waals surface area (Å²) >= 11 is 0. The molecule has 1 spiro atoms. The summed E-state index contributed by atoms with van der Waals surface area (Å²) in [6.07, 6.45) is 2.40. The van der Waals surface area contributed by atoms with E-state index >= 15 is 0 Å². The molecule has 1 saturated carbocycles. The molecule has 0 radical (unpaired) electrons. The average molecular weight is 247 g/mol. The Morgan fingerprint density at radius 2 is 2.24 bits per heavy atom. The lowest BCUT2D eigenvalue weighted by atomic mass is 10.2.